The lowest BCUT2D eigenvalue weighted by Crippen LogP contribution is -2.39. The van der Waals surface area contributed by atoms with Crippen molar-refractivity contribution in [3.05, 3.63) is 21.9 Å². The molecule has 2 amide bonds. The van der Waals surface area contributed by atoms with Crippen molar-refractivity contribution < 1.29 is 9.59 Å². The molecule has 1 aliphatic heterocycles. The van der Waals surface area contributed by atoms with Gasteiger partial charge in [0.05, 0.1) is 5.56 Å². The molecule has 2 rings (SSSR count). The van der Waals surface area contributed by atoms with E-state index in [-0.39, 0.29) is 11.9 Å². The zero-order valence-corrected chi connectivity index (χ0v) is 11.8. The smallest absolute Gasteiger partial charge is 0.249 e. The molecule has 0 aliphatic carbocycles. The molecule has 1 saturated heterocycles. The lowest BCUT2D eigenvalue weighted by molar-refractivity contribution is -0.127. The number of hydrogen-bond acceptors (Lipinski definition) is 4. The average Bonchev–Trinajstić information content (AvgIpc) is 2.97. The van der Waals surface area contributed by atoms with E-state index in [0.29, 0.717) is 18.5 Å². The SMILES string of the molecule is CC(CN1CCCC1=O)NCc1cc(C(N)=O)cs1. The third kappa shape index (κ3) is 3.78. The fourth-order valence-corrected chi connectivity index (χ4v) is 2.99. The van der Waals surface area contributed by atoms with Crippen LogP contribution in [0.5, 0.6) is 0 Å². The number of primary amides is 1. The van der Waals surface area contributed by atoms with Gasteiger partial charge in [-0.1, -0.05) is 0 Å². The van der Waals surface area contributed by atoms with Crippen LogP contribution in [0.3, 0.4) is 0 Å². The van der Waals surface area contributed by atoms with Crippen LogP contribution in [0.4, 0.5) is 0 Å². The van der Waals surface area contributed by atoms with Crippen molar-refractivity contribution in [2.24, 2.45) is 5.73 Å². The highest BCUT2D eigenvalue weighted by Crippen LogP contribution is 2.14. The Hall–Kier alpha value is -1.40. The van der Waals surface area contributed by atoms with E-state index in [1.807, 2.05) is 11.0 Å². The summed E-state index contributed by atoms with van der Waals surface area (Å²) in [4.78, 5) is 25.5. The molecule has 0 spiro atoms. The average molecular weight is 281 g/mol. The van der Waals surface area contributed by atoms with Crippen molar-refractivity contribution in [2.75, 3.05) is 13.1 Å². The summed E-state index contributed by atoms with van der Waals surface area (Å²) < 4.78 is 0. The molecule has 1 atom stereocenters. The molecule has 3 N–H and O–H groups in total. The van der Waals surface area contributed by atoms with Gasteiger partial charge < -0.3 is 16.0 Å². The fraction of sp³-hybridized carbons (Fsp3) is 0.538. The van der Waals surface area contributed by atoms with Crippen LogP contribution in [0.25, 0.3) is 0 Å². The van der Waals surface area contributed by atoms with E-state index >= 15 is 0 Å². The Morgan fingerprint density at radius 1 is 1.63 bits per heavy atom. The fourth-order valence-electron chi connectivity index (χ4n) is 2.17. The summed E-state index contributed by atoms with van der Waals surface area (Å²) in [6.07, 6.45) is 1.65. The molecule has 1 fully saturated rings. The molecule has 104 valence electrons. The second-order valence-corrected chi connectivity index (χ2v) is 5.89. The van der Waals surface area contributed by atoms with Crippen LogP contribution in [-0.4, -0.2) is 35.8 Å². The van der Waals surface area contributed by atoms with Crippen molar-refractivity contribution in [2.45, 2.75) is 32.4 Å². The zero-order valence-electron chi connectivity index (χ0n) is 11.0. The largest absolute Gasteiger partial charge is 0.366 e. The van der Waals surface area contributed by atoms with Crippen LogP contribution in [0.2, 0.25) is 0 Å². The molecule has 1 aliphatic rings. The van der Waals surface area contributed by atoms with Crippen molar-refractivity contribution >= 4 is 23.2 Å². The number of likely N-dealkylation sites (tertiary alicyclic amines) is 1. The number of nitrogens with two attached hydrogens (primary N) is 1. The second-order valence-electron chi connectivity index (χ2n) is 4.89. The number of amides is 2. The lowest BCUT2D eigenvalue weighted by atomic mass is 10.2. The molecule has 19 heavy (non-hydrogen) atoms. The summed E-state index contributed by atoms with van der Waals surface area (Å²) >= 11 is 1.52. The molecular formula is C13H19N3O2S. The van der Waals surface area contributed by atoms with Gasteiger partial charge in [-0.15, -0.1) is 11.3 Å². The molecule has 5 nitrogen and oxygen atoms in total. The molecule has 0 bridgehead atoms. The summed E-state index contributed by atoms with van der Waals surface area (Å²) in [6, 6.07) is 2.05. The first-order valence-electron chi connectivity index (χ1n) is 6.44. The Balaban J connectivity index is 1.77. The standard InChI is InChI=1S/C13H19N3O2S/c1-9(7-16-4-2-3-12(16)17)15-6-11-5-10(8-19-11)13(14)18/h5,8-9,15H,2-4,6-7H2,1H3,(H2,14,18). The van der Waals surface area contributed by atoms with E-state index in [1.54, 1.807) is 5.38 Å². The summed E-state index contributed by atoms with van der Waals surface area (Å²) in [6.45, 7) is 4.37. The molecule has 0 aromatic carbocycles. The van der Waals surface area contributed by atoms with Gasteiger partial charge in [-0.2, -0.15) is 0 Å². The highest BCUT2D eigenvalue weighted by Gasteiger charge is 2.21. The van der Waals surface area contributed by atoms with Gasteiger partial charge in [-0.05, 0) is 19.4 Å². The zero-order chi connectivity index (χ0) is 13.8. The number of nitrogens with one attached hydrogen (secondary N) is 1. The Labute approximate surface area is 116 Å². The van der Waals surface area contributed by atoms with Gasteiger partial charge in [0.15, 0.2) is 0 Å². The molecule has 1 aromatic heterocycles. The minimum atomic E-state index is -0.391. The van der Waals surface area contributed by atoms with E-state index in [9.17, 15) is 9.59 Å². The first-order valence-corrected chi connectivity index (χ1v) is 7.32. The number of carbonyl (C=O) groups excluding carboxylic acids is 2. The highest BCUT2D eigenvalue weighted by molar-refractivity contribution is 7.10. The summed E-state index contributed by atoms with van der Waals surface area (Å²) in [7, 11) is 0. The Morgan fingerprint density at radius 2 is 2.42 bits per heavy atom. The van der Waals surface area contributed by atoms with Gasteiger partial charge in [0, 0.05) is 42.4 Å². The van der Waals surface area contributed by atoms with E-state index in [0.717, 1.165) is 24.4 Å². The molecule has 6 heteroatoms. The van der Waals surface area contributed by atoms with Crippen molar-refractivity contribution in [3.63, 3.8) is 0 Å². The van der Waals surface area contributed by atoms with Crippen LogP contribution in [-0.2, 0) is 11.3 Å². The number of thiophene rings is 1. The highest BCUT2D eigenvalue weighted by atomic mass is 32.1. The van der Waals surface area contributed by atoms with Crippen molar-refractivity contribution in [1.82, 2.24) is 10.2 Å². The van der Waals surface area contributed by atoms with Crippen LogP contribution in [0.15, 0.2) is 11.4 Å². The quantitative estimate of drug-likeness (QED) is 0.815. The minimum absolute atomic E-state index is 0.237. The van der Waals surface area contributed by atoms with E-state index < -0.39 is 5.91 Å². The predicted molar refractivity (Wildman–Crippen MR) is 75.0 cm³/mol. The summed E-state index contributed by atoms with van der Waals surface area (Å²) in [5.41, 5.74) is 5.77. The van der Waals surface area contributed by atoms with Gasteiger partial charge in [-0.3, -0.25) is 9.59 Å². The number of rotatable bonds is 6. The lowest BCUT2D eigenvalue weighted by Gasteiger charge is -2.21. The minimum Gasteiger partial charge on any atom is -0.366 e. The van der Waals surface area contributed by atoms with Gasteiger partial charge in [0.1, 0.15) is 0 Å². The first kappa shape index (κ1) is 14.0. The Morgan fingerprint density at radius 3 is 3.00 bits per heavy atom. The number of nitrogens with zero attached hydrogens (tertiary/aromatic N) is 1. The van der Waals surface area contributed by atoms with Gasteiger partial charge in [0.2, 0.25) is 11.8 Å². The predicted octanol–water partition coefficient (Wildman–Crippen LogP) is 0.947. The molecule has 2 heterocycles. The van der Waals surface area contributed by atoms with Crippen molar-refractivity contribution in [1.29, 1.82) is 0 Å². The summed E-state index contributed by atoms with van der Waals surface area (Å²) in [5.74, 6) is -0.140. The molecular weight excluding hydrogens is 262 g/mol. The normalized spacial score (nSPS) is 16.9. The number of carbonyl (C=O) groups is 2. The van der Waals surface area contributed by atoms with E-state index in [4.69, 9.17) is 5.73 Å². The van der Waals surface area contributed by atoms with Gasteiger partial charge in [0.25, 0.3) is 0 Å². The van der Waals surface area contributed by atoms with Crippen LogP contribution >= 0.6 is 11.3 Å². The maximum atomic E-state index is 11.5. The summed E-state index contributed by atoms with van der Waals surface area (Å²) in [5, 5.41) is 5.13. The molecule has 0 radical (unpaired) electrons. The van der Waals surface area contributed by atoms with E-state index in [2.05, 4.69) is 12.2 Å². The second kappa shape index (κ2) is 6.16. The van der Waals surface area contributed by atoms with E-state index in [1.165, 1.54) is 11.3 Å². The molecule has 0 saturated carbocycles. The van der Waals surface area contributed by atoms with Gasteiger partial charge >= 0.3 is 0 Å². The first-order chi connectivity index (χ1) is 9.06. The van der Waals surface area contributed by atoms with Crippen LogP contribution in [0.1, 0.15) is 35.0 Å². The Bertz CT molecular complexity index is 472. The third-order valence-corrected chi connectivity index (χ3v) is 4.17. The Kier molecular flexibility index (Phi) is 4.55. The van der Waals surface area contributed by atoms with Crippen LogP contribution < -0.4 is 11.1 Å². The monoisotopic (exact) mass is 281 g/mol. The number of hydrogen-bond donors (Lipinski definition) is 2. The third-order valence-electron chi connectivity index (χ3n) is 3.23. The molecule has 1 unspecified atom stereocenters. The van der Waals surface area contributed by atoms with Crippen LogP contribution in [0, 0.1) is 0 Å². The van der Waals surface area contributed by atoms with Gasteiger partial charge in [-0.25, -0.2) is 0 Å². The maximum Gasteiger partial charge on any atom is 0.249 e. The topological polar surface area (TPSA) is 75.4 Å². The maximum absolute atomic E-state index is 11.5. The van der Waals surface area contributed by atoms with Crippen molar-refractivity contribution in [3.8, 4) is 0 Å². The molecule has 1 aromatic rings.